The lowest BCUT2D eigenvalue weighted by molar-refractivity contribution is 0.587. The molecule has 0 amide bonds. The first kappa shape index (κ1) is 11.6. The second kappa shape index (κ2) is 5.00. The van der Waals surface area contributed by atoms with Crippen molar-refractivity contribution in [2.24, 2.45) is 0 Å². The minimum absolute atomic E-state index is 0.617. The van der Waals surface area contributed by atoms with Gasteiger partial charge in [0.1, 0.15) is 0 Å². The third-order valence-electron chi connectivity index (χ3n) is 3.12. The molecule has 1 aliphatic heterocycles. The monoisotopic (exact) mass is 236 g/mol. The molecule has 0 fully saturated rings. The van der Waals surface area contributed by atoms with E-state index in [1.54, 1.807) is 0 Å². The predicted octanol–water partition coefficient (Wildman–Crippen LogP) is 3.37. The van der Waals surface area contributed by atoms with Crippen molar-refractivity contribution in [2.75, 3.05) is 22.9 Å². The lowest BCUT2D eigenvalue weighted by Crippen LogP contribution is -2.37. The van der Waals surface area contributed by atoms with E-state index in [1.165, 1.54) is 29.2 Å². The average molecular weight is 236 g/mol. The fourth-order valence-corrected chi connectivity index (χ4v) is 3.28. The van der Waals surface area contributed by atoms with Gasteiger partial charge in [-0.3, -0.25) is 0 Å². The van der Waals surface area contributed by atoms with Gasteiger partial charge in [0, 0.05) is 28.9 Å². The largest absolute Gasteiger partial charge is 0.399 e. The van der Waals surface area contributed by atoms with Gasteiger partial charge in [0.05, 0.1) is 5.69 Å². The van der Waals surface area contributed by atoms with Crippen LogP contribution in [0.25, 0.3) is 0 Å². The van der Waals surface area contributed by atoms with Crippen LogP contribution in [0.4, 0.5) is 11.4 Å². The number of thioether (sulfide) groups is 1. The second-order valence-electron chi connectivity index (χ2n) is 4.41. The van der Waals surface area contributed by atoms with Gasteiger partial charge in [-0.05, 0) is 31.5 Å². The molecule has 2 rings (SSSR count). The van der Waals surface area contributed by atoms with Crippen molar-refractivity contribution in [2.45, 2.75) is 37.6 Å². The Balaban J connectivity index is 2.27. The van der Waals surface area contributed by atoms with Gasteiger partial charge in [0.2, 0.25) is 0 Å². The lowest BCUT2D eigenvalue weighted by Gasteiger charge is -2.36. The van der Waals surface area contributed by atoms with Crippen LogP contribution in [0.5, 0.6) is 0 Å². The highest BCUT2D eigenvalue weighted by atomic mass is 32.2. The molecule has 2 N–H and O–H groups in total. The van der Waals surface area contributed by atoms with Crippen LogP contribution in [0.15, 0.2) is 23.1 Å². The average Bonchev–Trinajstić information content (AvgIpc) is 2.28. The minimum Gasteiger partial charge on any atom is -0.399 e. The summed E-state index contributed by atoms with van der Waals surface area (Å²) in [5, 5.41) is 0. The Hall–Kier alpha value is -0.830. The van der Waals surface area contributed by atoms with Crippen molar-refractivity contribution in [3.8, 4) is 0 Å². The second-order valence-corrected chi connectivity index (χ2v) is 5.54. The molecule has 0 aromatic heterocycles. The molecule has 1 heterocycles. The van der Waals surface area contributed by atoms with E-state index < -0.39 is 0 Å². The molecule has 1 unspecified atom stereocenters. The van der Waals surface area contributed by atoms with Crippen LogP contribution in [0.3, 0.4) is 0 Å². The van der Waals surface area contributed by atoms with Crippen LogP contribution in [-0.2, 0) is 0 Å². The van der Waals surface area contributed by atoms with Gasteiger partial charge in [-0.1, -0.05) is 13.3 Å². The van der Waals surface area contributed by atoms with Crippen molar-refractivity contribution in [1.29, 1.82) is 0 Å². The third kappa shape index (κ3) is 2.29. The smallest absolute Gasteiger partial charge is 0.0527 e. The lowest BCUT2D eigenvalue weighted by atomic mass is 10.1. The summed E-state index contributed by atoms with van der Waals surface area (Å²) in [5.74, 6) is 1.19. The van der Waals surface area contributed by atoms with Crippen molar-refractivity contribution >= 4 is 23.1 Å². The zero-order valence-electron chi connectivity index (χ0n) is 10.1. The molecule has 1 aromatic carbocycles. The Kier molecular flexibility index (Phi) is 3.64. The van der Waals surface area contributed by atoms with Gasteiger partial charge < -0.3 is 10.6 Å². The van der Waals surface area contributed by atoms with Crippen LogP contribution in [0.1, 0.15) is 26.7 Å². The number of hydrogen-bond donors (Lipinski definition) is 1. The van der Waals surface area contributed by atoms with Crippen molar-refractivity contribution < 1.29 is 0 Å². The number of nitrogens with two attached hydrogens (primary N) is 1. The normalized spacial score (nSPS) is 17.0. The standard InChI is InChI=1S/C13H20N2S/c1-3-4-10(2)15-7-8-16-13-6-5-11(14)9-12(13)15/h5-6,9-10H,3-4,7-8,14H2,1-2H3. The van der Waals surface area contributed by atoms with Crippen molar-refractivity contribution in [3.05, 3.63) is 18.2 Å². The first-order valence-corrected chi connectivity index (χ1v) is 7.00. The van der Waals surface area contributed by atoms with Gasteiger partial charge in [-0.15, -0.1) is 11.8 Å². The first-order valence-electron chi connectivity index (χ1n) is 6.01. The van der Waals surface area contributed by atoms with Gasteiger partial charge in [0.25, 0.3) is 0 Å². The molecule has 88 valence electrons. The summed E-state index contributed by atoms with van der Waals surface area (Å²) in [7, 11) is 0. The van der Waals surface area contributed by atoms with Gasteiger partial charge in [-0.25, -0.2) is 0 Å². The van der Waals surface area contributed by atoms with Crippen LogP contribution in [-0.4, -0.2) is 18.3 Å². The molecule has 3 heteroatoms. The van der Waals surface area contributed by atoms with Crippen LogP contribution in [0, 0.1) is 0 Å². The number of hydrogen-bond acceptors (Lipinski definition) is 3. The molecule has 0 radical (unpaired) electrons. The summed E-state index contributed by atoms with van der Waals surface area (Å²) >= 11 is 1.94. The maximum atomic E-state index is 5.88. The maximum absolute atomic E-state index is 5.88. The highest BCUT2D eigenvalue weighted by Gasteiger charge is 2.21. The molecule has 1 atom stereocenters. The number of nitrogen functional groups attached to an aromatic ring is 1. The molecule has 0 saturated heterocycles. The van der Waals surface area contributed by atoms with Crippen molar-refractivity contribution in [3.63, 3.8) is 0 Å². The molecule has 2 nitrogen and oxygen atoms in total. The molecular weight excluding hydrogens is 216 g/mol. The molecule has 0 bridgehead atoms. The van der Waals surface area contributed by atoms with E-state index >= 15 is 0 Å². The van der Waals surface area contributed by atoms with E-state index in [0.717, 1.165) is 12.2 Å². The van der Waals surface area contributed by atoms with Gasteiger partial charge >= 0.3 is 0 Å². The third-order valence-corrected chi connectivity index (χ3v) is 4.16. The molecule has 1 aromatic rings. The number of benzene rings is 1. The Labute approximate surface area is 102 Å². The topological polar surface area (TPSA) is 29.3 Å². The van der Waals surface area contributed by atoms with Crippen LogP contribution < -0.4 is 10.6 Å². The van der Waals surface area contributed by atoms with E-state index in [9.17, 15) is 0 Å². The summed E-state index contributed by atoms with van der Waals surface area (Å²) in [5.41, 5.74) is 8.08. The molecular formula is C13H20N2S. The number of rotatable bonds is 3. The summed E-state index contributed by atoms with van der Waals surface area (Å²) in [6.45, 7) is 5.70. The molecule has 0 spiro atoms. The summed E-state index contributed by atoms with van der Waals surface area (Å²) in [6, 6.07) is 6.89. The quantitative estimate of drug-likeness (QED) is 0.816. The Bertz CT molecular complexity index is 365. The van der Waals surface area contributed by atoms with E-state index in [-0.39, 0.29) is 0 Å². The summed E-state index contributed by atoms with van der Waals surface area (Å²) in [4.78, 5) is 3.88. The molecule has 0 saturated carbocycles. The zero-order chi connectivity index (χ0) is 11.5. The Morgan fingerprint density at radius 1 is 1.50 bits per heavy atom. The van der Waals surface area contributed by atoms with E-state index in [4.69, 9.17) is 5.73 Å². The van der Waals surface area contributed by atoms with Gasteiger partial charge in [0.15, 0.2) is 0 Å². The zero-order valence-corrected chi connectivity index (χ0v) is 10.9. The number of anilines is 2. The first-order chi connectivity index (χ1) is 7.72. The summed E-state index contributed by atoms with van der Waals surface area (Å²) < 4.78 is 0. The van der Waals surface area contributed by atoms with Crippen molar-refractivity contribution in [1.82, 2.24) is 0 Å². The number of nitrogens with zero attached hydrogens (tertiary/aromatic N) is 1. The predicted molar refractivity (Wildman–Crippen MR) is 73.3 cm³/mol. The van der Waals surface area contributed by atoms with Gasteiger partial charge in [-0.2, -0.15) is 0 Å². The van der Waals surface area contributed by atoms with E-state index in [0.29, 0.717) is 6.04 Å². The molecule has 0 aliphatic carbocycles. The highest BCUT2D eigenvalue weighted by Crippen LogP contribution is 2.37. The number of fused-ring (bicyclic) bond motifs is 1. The highest BCUT2D eigenvalue weighted by molar-refractivity contribution is 7.99. The summed E-state index contributed by atoms with van der Waals surface area (Å²) in [6.07, 6.45) is 2.49. The Morgan fingerprint density at radius 3 is 3.06 bits per heavy atom. The molecule has 16 heavy (non-hydrogen) atoms. The maximum Gasteiger partial charge on any atom is 0.0527 e. The van der Waals surface area contributed by atoms with E-state index in [2.05, 4.69) is 30.9 Å². The SMILES string of the molecule is CCCC(C)N1CCSc2ccc(N)cc21. The fourth-order valence-electron chi connectivity index (χ4n) is 2.29. The fraction of sp³-hybridized carbons (Fsp3) is 0.538. The van der Waals surface area contributed by atoms with E-state index in [1.807, 2.05) is 17.8 Å². The molecule has 1 aliphatic rings. The minimum atomic E-state index is 0.617. The van der Waals surface area contributed by atoms with Crippen LogP contribution >= 0.6 is 11.8 Å². The van der Waals surface area contributed by atoms with Crippen LogP contribution in [0.2, 0.25) is 0 Å². The Morgan fingerprint density at radius 2 is 2.31 bits per heavy atom.